The normalized spacial score (nSPS) is 10.9. The second-order valence-electron chi connectivity index (χ2n) is 5.62. The van der Waals surface area contributed by atoms with E-state index in [1.165, 1.54) is 5.39 Å². The van der Waals surface area contributed by atoms with Crippen LogP contribution in [0.2, 0.25) is 0 Å². The molecule has 4 rings (SSSR count). The number of pyridine rings is 1. The van der Waals surface area contributed by atoms with Gasteiger partial charge in [-0.15, -0.1) is 0 Å². The second kappa shape index (κ2) is 5.85. The molecule has 0 saturated carbocycles. The number of ether oxygens (including phenoxy) is 2. The maximum Gasteiger partial charge on any atom is 0.128 e. The van der Waals surface area contributed by atoms with Crippen molar-refractivity contribution in [1.82, 2.24) is 4.98 Å². The monoisotopic (exact) mass is 315 g/mol. The molecule has 3 aromatic carbocycles. The van der Waals surface area contributed by atoms with Gasteiger partial charge < -0.3 is 9.47 Å². The number of benzene rings is 3. The van der Waals surface area contributed by atoms with E-state index >= 15 is 0 Å². The Morgan fingerprint density at radius 3 is 2.42 bits per heavy atom. The van der Waals surface area contributed by atoms with E-state index < -0.39 is 0 Å². The average molecular weight is 315 g/mol. The molecule has 0 bridgehead atoms. The van der Waals surface area contributed by atoms with Gasteiger partial charge in [-0.3, -0.25) is 0 Å². The third-order valence-electron chi connectivity index (χ3n) is 4.28. The molecule has 3 nitrogen and oxygen atoms in total. The summed E-state index contributed by atoms with van der Waals surface area (Å²) in [6.07, 6.45) is 0. The Hall–Kier alpha value is -3.07. The lowest BCUT2D eigenvalue weighted by Crippen LogP contribution is -1.91. The number of hydrogen-bond donors (Lipinski definition) is 0. The first-order valence-corrected chi connectivity index (χ1v) is 7.81. The molecule has 0 aliphatic carbocycles. The van der Waals surface area contributed by atoms with Gasteiger partial charge in [0.25, 0.3) is 0 Å². The van der Waals surface area contributed by atoms with Gasteiger partial charge in [-0.25, -0.2) is 4.98 Å². The van der Waals surface area contributed by atoms with Crippen molar-refractivity contribution in [3.8, 4) is 22.8 Å². The molecule has 1 aromatic heterocycles. The van der Waals surface area contributed by atoms with Crippen molar-refractivity contribution in [2.75, 3.05) is 14.2 Å². The van der Waals surface area contributed by atoms with E-state index in [4.69, 9.17) is 14.5 Å². The predicted octanol–water partition coefficient (Wildman–Crippen LogP) is 5.07. The van der Waals surface area contributed by atoms with Crippen LogP contribution in [0.4, 0.5) is 0 Å². The lowest BCUT2D eigenvalue weighted by atomic mass is 10.0. The molecule has 0 amide bonds. The van der Waals surface area contributed by atoms with Crippen LogP contribution in [0.25, 0.3) is 32.9 Å². The molecule has 4 aromatic rings. The van der Waals surface area contributed by atoms with Gasteiger partial charge in [0.05, 0.1) is 25.4 Å². The minimum Gasteiger partial charge on any atom is -0.497 e. The molecule has 0 aliphatic heterocycles. The van der Waals surface area contributed by atoms with Crippen molar-refractivity contribution >= 4 is 21.7 Å². The minimum absolute atomic E-state index is 0.829. The summed E-state index contributed by atoms with van der Waals surface area (Å²) >= 11 is 0. The molecule has 0 unspecified atom stereocenters. The van der Waals surface area contributed by atoms with Crippen molar-refractivity contribution in [2.24, 2.45) is 0 Å². The van der Waals surface area contributed by atoms with E-state index in [1.807, 2.05) is 42.5 Å². The number of nitrogens with zero attached hydrogens (tertiary/aromatic N) is 1. The largest absolute Gasteiger partial charge is 0.497 e. The van der Waals surface area contributed by atoms with Crippen LogP contribution in [-0.4, -0.2) is 19.2 Å². The summed E-state index contributed by atoms with van der Waals surface area (Å²) in [6.45, 7) is 0. The van der Waals surface area contributed by atoms with Crippen molar-refractivity contribution in [3.05, 3.63) is 66.7 Å². The fraction of sp³-hybridized carbons (Fsp3) is 0.0952. The van der Waals surface area contributed by atoms with Crippen LogP contribution in [-0.2, 0) is 0 Å². The highest BCUT2D eigenvalue weighted by Gasteiger charge is 2.09. The molecule has 0 saturated heterocycles. The van der Waals surface area contributed by atoms with Gasteiger partial charge in [0.2, 0.25) is 0 Å². The van der Waals surface area contributed by atoms with Crippen LogP contribution >= 0.6 is 0 Å². The zero-order chi connectivity index (χ0) is 16.5. The Kier molecular flexibility index (Phi) is 3.54. The zero-order valence-corrected chi connectivity index (χ0v) is 13.6. The Balaban J connectivity index is 1.91. The molecule has 0 aliphatic rings. The number of aromatic nitrogens is 1. The van der Waals surface area contributed by atoms with E-state index in [-0.39, 0.29) is 0 Å². The van der Waals surface area contributed by atoms with E-state index in [9.17, 15) is 0 Å². The van der Waals surface area contributed by atoms with Crippen LogP contribution in [0, 0.1) is 0 Å². The Morgan fingerprint density at radius 2 is 1.58 bits per heavy atom. The molecule has 0 N–H and O–H groups in total. The number of methoxy groups -OCH3 is 2. The van der Waals surface area contributed by atoms with Gasteiger partial charge in [0, 0.05) is 10.9 Å². The SMILES string of the molecule is COc1ccc2c(ccc3nc(-c4ccccc4OC)ccc32)c1. The van der Waals surface area contributed by atoms with Crippen LogP contribution in [0.1, 0.15) is 0 Å². The Morgan fingerprint density at radius 1 is 0.750 bits per heavy atom. The van der Waals surface area contributed by atoms with Crippen molar-refractivity contribution < 1.29 is 9.47 Å². The average Bonchev–Trinajstić information content (AvgIpc) is 2.66. The molecule has 3 heteroatoms. The van der Waals surface area contributed by atoms with Gasteiger partial charge in [-0.05, 0) is 47.2 Å². The number of para-hydroxylation sites is 1. The smallest absolute Gasteiger partial charge is 0.128 e. The first kappa shape index (κ1) is 14.5. The van der Waals surface area contributed by atoms with Gasteiger partial charge >= 0.3 is 0 Å². The highest BCUT2D eigenvalue weighted by Crippen LogP contribution is 2.32. The van der Waals surface area contributed by atoms with E-state index in [1.54, 1.807) is 14.2 Å². The van der Waals surface area contributed by atoms with Crippen molar-refractivity contribution in [2.45, 2.75) is 0 Å². The van der Waals surface area contributed by atoms with Gasteiger partial charge in [0.15, 0.2) is 0 Å². The van der Waals surface area contributed by atoms with Crippen molar-refractivity contribution in [1.29, 1.82) is 0 Å². The maximum atomic E-state index is 5.45. The summed E-state index contributed by atoms with van der Waals surface area (Å²) in [5.41, 5.74) is 2.88. The molecule has 1 heterocycles. The molecule has 0 fully saturated rings. The highest BCUT2D eigenvalue weighted by molar-refractivity contribution is 6.07. The molecule has 0 atom stereocenters. The summed E-state index contributed by atoms with van der Waals surface area (Å²) in [5.74, 6) is 1.69. The van der Waals surface area contributed by atoms with E-state index in [2.05, 4.69) is 24.3 Å². The molecule has 24 heavy (non-hydrogen) atoms. The summed E-state index contributed by atoms with van der Waals surface area (Å²) in [4.78, 5) is 4.84. The Bertz CT molecular complexity index is 1040. The Labute approximate surface area is 140 Å². The van der Waals surface area contributed by atoms with Crippen LogP contribution in [0.15, 0.2) is 66.7 Å². The number of fused-ring (bicyclic) bond motifs is 3. The van der Waals surface area contributed by atoms with Gasteiger partial charge in [-0.1, -0.05) is 30.3 Å². The number of rotatable bonds is 3. The fourth-order valence-electron chi connectivity index (χ4n) is 3.06. The lowest BCUT2D eigenvalue weighted by Gasteiger charge is -2.10. The highest BCUT2D eigenvalue weighted by atomic mass is 16.5. The van der Waals surface area contributed by atoms with Crippen molar-refractivity contribution in [3.63, 3.8) is 0 Å². The standard InChI is InChI=1S/C21H17NO2/c1-23-15-8-9-16-14(13-15)7-11-19-17(16)10-12-20(22-19)18-5-3-4-6-21(18)24-2/h3-13H,1-2H3. The third kappa shape index (κ3) is 2.35. The second-order valence-corrected chi connectivity index (χ2v) is 5.62. The summed E-state index contributed by atoms with van der Waals surface area (Å²) in [6, 6.07) is 22.4. The zero-order valence-electron chi connectivity index (χ0n) is 13.6. The minimum atomic E-state index is 0.829. The molecule has 0 radical (unpaired) electrons. The predicted molar refractivity (Wildman–Crippen MR) is 97.8 cm³/mol. The van der Waals surface area contributed by atoms with Gasteiger partial charge in [-0.2, -0.15) is 0 Å². The van der Waals surface area contributed by atoms with Gasteiger partial charge in [0.1, 0.15) is 11.5 Å². The summed E-state index contributed by atoms with van der Waals surface area (Å²) < 4.78 is 10.8. The lowest BCUT2D eigenvalue weighted by molar-refractivity contribution is 0.415. The molecular formula is C21H17NO2. The van der Waals surface area contributed by atoms with Crippen LogP contribution in [0.5, 0.6) is 11.5 Å². The summed E-state index contributed by atoms with van der Waals surface area (Å²) in [7, 11) is 3.37. The molecule has 0 spiro atoms. The van der Waals surface area contributed by atoms with E-state index in [0.29, 0.717) is 0 Å². The van der Waals surface area contributed by atoms with Crippen LogP contribution < -0.4 is 9.47 Å². The van der Waals surface area contributed by atoms with Crippen LogP contribution in [0.3, 0.4) is 0 Å². The van der Waals surface area contributed by atoms with E-state index in [0.717, 1.165) is 39.0 Å². The fourth-order valence-corrected chi connectivity index (χ4v) is 3.06. The maximum absolute atomic E-state index is 5.45. The quantitative estimate of drug-likeness (QED) is 0.494. The topological polar surface area (TPSA) is 31.4 Å². The molecule has 118 valence electrons. The first-order valence-electron chi connectivity index (χ1n) is 7.81. The summed E-state index contributed by atoms with van der Waals surface area (Å²) in [5, 5.41) is 3.45. The first-order chi connectivity index (χ1) is 11.8. The number of hydrogen-bond acceptors (Lipinski definition) is 3. The third-order valence-corrected chi connectivity index (χ3v) is 4.28. The molecular weight excluding hydrogens is 298 g/mol.